The van der Waals surface area contributed by atoms with Gasteiger partial charge in [0.15, 0.2) is 0 Å². The van der Waals surface area contributed by atoms with Crippen LogP contribution in [0.1, 0.15) is 24.0 Å². The maximum absolute atomic E-state index is 14.0. The minimum atomic E-state index is -0.838. The monoisotopic (exact) mass is 468 g/mol. The molecule has 1 aliphatic rings. The lowest BCUT2D eigenvalue weighted by Gasteiger charge is -2.16. The van der Waals surface area contributed by atoms with E-state index in [1.165, 1.54) is 41.4 Å². The molecule has 3 aromatic carbocycles. The first-order chi connectivity index (χ1) is 15.5. The van der Waals surface area contributed by atoms with Crippen molar-refractivity contribution < 1.29 is 13.6 Å². The van der Waals surface area contributed by atoms with Crippen LogP contribution in [0, 0.1) is 11.6 Å². The van der Waals surface area contributed by atoms with E-state index in [1.54, 1.807) is 0 Å². The molecule has 1 aliphatic carbocycles. The van der Waals surface area contributed by atoms with Crippen molar-refractivity contribution in [3.63, 3.8) is 0 Å². The number of urea groups is 1. The van der Waals surface area contributed by atoms with E-state index in [1.807, 2.05) is 24.3 Å². The summed E-state index contributed by atoms with van der Waals surface area (Å²) in [5.74, 6) is -1.54. The van der Waals surface area contributed by atoms with Crippen molar-refractivity contribution in [2.45, 2.75) is 25.7 Å². The fourth-order valence-electron chi connectivity index (χ4n) is 4.19. The van der Waals surface area contributed by atoms with E-state index in [0.29, 0.717) is 10.0 Å². The molecule has 1 aromatic heterocycles. The predicted octanol–water partition coefficient (Wildman–Crippen LogP) is 8.02. The molecule has 0 aliphatic heterocycles. The Morgan fingerprint density at radius 2 is 1.69 bits per heavy atom. The Balaban J connectivity index is 1.57. The molecule has 2 N–H and O–H groups in total. The maximum atomic E-state index is 14.0. The van der Waals surface area contributed by atoms with Crippen LogP contribution in [0.5, 0.6) is 0 Å². The number of amides is 2. The molecule has 0 fully saturated rings. The standard InChI is InChI=1S/C25H19ClF2N2OS/c26-19-8-4-3-7-17(19)23-18-11-14-5-1-2-6-15(14)12-22(18)32-24(23)30-25(31)29-21-10-9-16(27)13-20(21)28/h3-4,7-13H,1-2,5-6H2,(H2,29,30,31). The highest BCUT2D eigenvalue weighted by molar-refractivity contribution is 7.23. The average molecular weight is 469 g/mol. The normalized spacial score (nSPS) is 13.1. The molecule has 7 heteroatoms. The van der Waals surface area contributed by atoms with E-state index in [4.69, 9.17) is 11.6 Å². The van der Waals surface area contributed by atoms with Gasteiger partial charge in [-0.25, -0.2) is 13.6 Å². The molecule has 0 saturated carbocycles. The van der Waals surface area contributed by atoms with Gasteiger partial charge in [-0.3, -0.25) is 5.32 Å². The molecule has 1 heterocycles. The van der Waals surface area contributed by atoms with Gasteiger partial charge in [-0.1, -0.05) is 29.8 Å². The second-order valence-electron chi connectivity index (χ2n) is 7.81. The first-order valence-corrected chi connectivity index (χ1v) is 11.6. The van der Waals surface area contributed by atoms with Crippen LogP contribution in [-0.2, 0) is 12.8 Å². The summed E-state index contributed by atoms with van der Waals surface area (Å²) in [6.07, 6.45) is 4.44. The molecule has 0 spiro atoms. The van der Waals surface area contributed by atoms with Gasteiger partial charge in [-0.05, 0) is 67.1 Å². The zero-order valence-electron chi connectivity index (χ0n) is 17.0. The highest BCUT2D eigenvalue weighted by Gasteiger charge is 2.21. The van der Waals surface area contributed by atoms with Gasteiger partial charge in [0.1, 0.15) is 16.6 Å². The van der Waals surface area contributed by atoms with Crippen LogP contribution in [-0.4, -0.2) is 6.03 Å². The Morgan fingerprint density at radius 3 is 2.44 bits per heavy atom. The summed E-state index contributed by atoms with van der Waals surface area (Å²) in [6.45, 7) is 0. The van der Waals surface area contributed by atoms with Gasteiger partial charge in [0.25, 0.3) is 0 Å². The molecule has 0 bridgehead atoms. The molecule has 3 nitrogen and oxygen atoms in total. The second-order valence-corrected chi connectivity index (χ2v) is 9.27. The maximum Gasteiger partial charge on any atom is 0.324 e. The van der Waals surface area contributed by atoms with Crippen molar-refractivity contribution in [3.05, 3.63) is 82.4 Å². The zero-order valence-corrected chi connectivity index (χ0v) is 18.5. The number of hydrogen-bond donors (Lipinski definition) is 2. The summed E-state index contributed by atoms with van der Waals surface area (Å²) in [6, 6.07) is 14.3. The van der Waals surface area contributed by atoms with E-state index >= 15 is 0 Å². The van der Waals surface area contributed by atoms with Crippen molar-refractivity contribution >= 4 is 49.7 Å². The molecule has 0 radical (unpaired) electrons. The Labute approximate surface area is 193 Å². The second kappa shape index (κ2) is 8.52. The average Bonchev–Trinajstić information content (AvgIpc) is 3.10. The van der Waals surface area contributed by atoms with Gasteiger partial charge < -0.3 is 5.32 Å². The minimum Gasteiger partial charge on any atom is -0.305 e. The van der Waals surface area contributed by atoms with Crippen molar-refractivity contribution in [3.8, 4) is 11.1 Å². The molecule has 5 rings (SSSR count). The Hall–Kier alpha value is -2.96. The van der Waals surface area contributed by atoms with E-state index < -0.39 is 17.7 Å². The van der Waals surface area contributed by atoms with Crippen molar-refractivity contribution in [2.24, 2.45) is 0 Å². The molecule has 0 saturated heterocycles. The molecule has 0 atom stereocenters. The highest BCUT2D eigenvalue weighted by atomic mass is 35.5. The Bertz CT molecular complexity index is 1350. The molecular formula is C25H19ClF2N2OS. The third-order valence-corrected chi connectivity index (χ3v) is 7.10. The fourth-order valence-corrected chi connectivity index (χ4v) is 5.58. The number of carbonyl (C=O) groups excluding carboxylic acids is 1. The van der Waals surface area contributed by atoms with Crippen LogP contribution >= 0.6 is 22.9 Å². The summed E-state index contributed by atoms with van der Waals surface area (Å²) < 4.78 is 28.2. The smallest absolute Gasteiger partial charge is 0.305 e. The summed E-state index contributed by atoms with van der Waals surface area (Å²) in [7, 11) is 0. The third-order valence-electron chi connectivity index (χ3n) is 5.70. The number of rotatable bonds is 3. The molecule has 2 amide bonds. The van der Waals surface area contributed by atoms with Gasteiger partial charge in [0.05, 0.1) is 5.69 Å². The topological polar surface area (TPSA) is 41.1 Å². The van der Waals surface area contributed by atoms with Crippen molar-refractivity contribution in [1.82, 2.24) is 0 Å². The summed E-state index contributed by atoms with van der Waals surface area (Å²) in [5, 5.41) is 7.55. The van der Waals surface area contributed by atoms with Gasteiger partial charge in [0.2, 0.25) is 0 Å². The largest absolute Gasteiger partial charge is 0.324 e. The zero-order chi connectivity index (χ0) is 22.2. The fraction of sp³-hybridized carbons (Fsp3) is 0.160. The van der Waals surface area contributed by atoms with Crippen LogP contribution in [0.3, 0.4) is 0 Å². The van der Waals surface area contributed by atoms with Crippen LogP contribution in [0.25, 0.3) is 21.2 Å². The Morgan fingerprint density at radius 1 is 0.938 bits per heavy atom. The van der Waals surface area contributed by atoms with E-state index in [9.17, 15) is 13.6 Å². The number of fused-ring (bicyclic) bond motifs is 2. The van der Waals surface area contributed by atoms with Crippen LogP contribution < -0.4 is 10.6 Å². The molecular weight excluding hydrogens is 450 g/mol. The quantitative estimate of drug-likeness (QED) is 0.314. The van der Waals surface area contributed by atoms with Crippen LogP contribution in [0.15, 0.2) is 54.6 Å². The molecule has 4 aromatic rings. The van der Waals surface area contributed by atoms with Crippen LogP contribution in [0.2, 0.25) is 5.02 Å². The Kier molecular flexibility index (Phi) is 5.57. The number of carbonyl (C=O) groups is 1. The van der Waals surface area contributed by atoms with E-state index in [0.717, 1.165) is 46.2 Å². The number of halogens is 3. The first kappa shape index (κ1) is 20.9. The number of anilines is 2. The lowest BCUT2D eigenvalue weighted by Crippen LogP contribution is -2.20. The predicted molar refractivity (Wildman–Crippen MR) is 128 cm³/mol. The number of hydrogen-bond acceptors (Lipinski definition) is 2. The number of aryl methyl sites for hydroxylation is 2. The molecule has 32 heavy (non-hydrogen) atoms. The van der Waals surface area contributed by atoms with Crippen molar-refractivity contribution in [2.75, 3.05) is 10.6 Å². The summed E-state index contributed by atoms with van der Waals surface area (Å²) >= 11 is 7.99. The minimum absolute atomic E-state index is 0.0974. The van der Waals surface area contributed by atoms with Gasteiger partial charge in [-0.15, -0.1) is 11.3 Å². The van der Waals surface area contributed by atoms with Crippen LogP contribution in [0.4, 0.5) is 24.3 Å². The summed E-state index contributed by atoms with van der Waals surface area (Å²) in [4.78, 5) is 12.7. The lowest BCUT2D eigenvalue weighted by molar-refractivity contribution is 0.262. The number of nitrogens with one attached hydrogen (secondary N) is 2. The number of thiophene rings is 1. The van der Waals surface area contributed by atoms with Gasteiger partial charge in [0, 0.05) is 32.3 Å². The highest BCUT2D eigenvalue weighted by Crippen LogP contribution is 2.46. The lowest BCUT2D eigenvalue weighted by atomic mass is 9.90. The van der Waals surface area contributed by atoms with E-state index in [-0.39, 0.29) is 5.69 Å². The van der Waals surface area contributed by atoms with Gasteiger partial charge >= 0.3 is 6.03 Å². The summed E-state index contributed by atoms with van der Waals surface area (Å²) in [5.41, 5.74) is 4.25. The van der Waals surface area contributed by atoms with Gasteiger partial charge in [-0.2, -0.15) is 0 Å². The SMILES string of the molecule is O=C(Nc1ccc(F)cc1F)Nc1sc2cc3c(cc2c1-c1ccccc1Cl)CCCC3. The first-order valence-electron chi connectivity index (χ1n) is 10.4. The molecule has 0 unspecified atom stereocenters. The third kappa shape index (κ3) is 3.96. The van der Waals surface area contributed by atoms with E-state index in [2.05, 4.69) is 22.8 Å². The van der Waals surface area contributed by atoms with Crippen molar-refractivity contribution in [1.29, 1.82) is 0 Å². The number of benzene rings is 3. The molecule has 162 valence electrons.